The Bertz CT molecular complexity index is 807. The Balaban J connectivity index is 0.00000261. The smallest absolute Gasteiger partial charge is 0.270 e. The van der Waals surface area contributed by atoms with E-state index >= 15 is 0 Å². The molecule has 1 atom stereocenters. The van der Waals surface area contributed by atoms with Gasteiger partial charge < -0.3 is 10.2 Å². The van der Waals surface area contributed by atoms with Crippen molar-refractivity contribution < 1.29 is 18.1 Å². The number of rotatable bonds is 5. The molecule has 9 nitrogen and oxygen atoms in total. The zero-order valence-corrected chi connectivity index (χ0v) is 16.5. The van der Waals surface area contributed by atoms with Crippen molar-refractivity contribution >= 4 is 34.0 Å². The highest BCUT2D eigenvalue weighted by Crippen LogP contribution is 2.23. The van der Waals surface area contributed by atoms with E-state index in [4.69, 9.17) is 0 Å². The highest BCUT2D eigenvalue weighted by Gasteiger charge is 2.35. The van der Waals surface area contributed by atoms with Crippen molar-refractivity contribution in [3.05, 3.63) is 34.4 Å². The van der Waals surface area contributed by atoms with Crippen LogP contribution in [0.2, 0.25) is 0 Å². The highest BCUT2D eigenvalue weighted by molar-refractivity contribution is 7.89. The van der Waals surface area contributed by atoms with Crippen molar-refractivity contribution in [2.45, 2.75) is 11.8 Å². The zero-order chi connectivity index (χ0) is 18.9. The van der Waals surface area contributed by atoms with Crippen LogP contribution < -0.4 is 5.32 Å². The summed E-state index contributed by atoms with van der Waals surface area (Å²) >= 11 is 0. The van der Waals surface area contributed by atoms with Gasteiger partial charge in [-0.1, -0.05) is 13.0 Å². The highest BCUT2D eigenvalue weighted by atomic mass is 35.5. The fourth-order valence-corrected chi connectivity index (χ4v) is 4.67. The Hall–Kier alpha value is -1.75. The summed E-state index contributed by atoms with van der Waals surface area (Å²) in [5, 5.41) is 14.0. The number of carbonyl (C=O) groups excluding carboxylic acids is 1. The van der Waals surface area contributed by atoms with Gasteiger partial charge in [0.2, 0.25) is 15.9 Å². The van der Waals surface area contributed by atoms with Gasteiger partial charge in [-0.25, -0.2) is 8.42 Å². The van der Waals surface area contributed by atoms with E-state index in [-0.39, 0.29) is 47.9 Å². The summed E-state index contributed by atoms with van der Waals surface area (Å²) < 4.78 is 26.7. The van der Waals surface area contributed by atoms with E-state index in [1.54, 1.807) is 4.90 Å². The normalized spacial score (nSPS) is 19.7. The van der Waals surface area contributed by atoms with Crippen LogP contribution in [0, 0.1) is 22.0 Å². The maximum atomic E-state index is 12.7. The monoisotopic (exact) mass is 418 g/mol. The van der Waals surface area contributed by atoms with Gasteiger partial charge in [0, 0.05) is 44.2 Å². The molecule has 2 fully saturated rings. The number of halogens is 1. The molecule has 1 aromatic carbocycles. The van der Waals surface area contributed by atoms with E-state index in [9.17, 15) is 23.3 Å². The molecule has 2 aliphatic rings. The first-order valence-electron chi connectivity index (χ1n) is 8.55. The standard InChI is InChI=1S/C16H22N4O5S.ClH/c1-12(13-10-17-11-13)16(21)18-5-7-19(8-6-18)26(24,25)15-4-2-3-14(9-15)20(22)23;/h2-4,9,12-13,17H,5-8,10-11H2,1H3;1H. The lowest BCUT2D eigenvalue weighted by molar-refractivity contribution is -0.385. The van der Waals surface area contributed by atoms with E-state index in [1.807, 2.05) is 6.92 Å². The number of piperazine rings is 1. The van der Waals surface area contributed by atoms with Gasteiger partial charge in [0.05, 0.1) is 9.82 Å². The number of non-ortho nitro benzene ring substituents is 1. The molecule has 1 aromatic rings. The van der Waals surface area contributed by atoms with Gasteiger partial charge in [-0.05, 0) is 25.1 Å². The molecule has 0 saturated carbocycles. The third kappa shape index (κ3) is 4.40. The first-order chi connectivity index (χ1) is 12.3. The van der Waals surface area contributed by atoms with Gasteiger partial charge in [0.1, 0.15) is 0 Å². The van der Waals surface area contributed by atoms with Gasteiger partial charge in [0.15, 0.2) is 0 Å². The number of carbonyl (C=O) groups is 1. The van der Waals surface area contributed by atoms with Gasteiger partial charge in [0.25, 0.3) is 5.69 Å². The maximum absolute atomic E-state index is 12.7. The number of nitrogens with zero attached hydrogens (tertiary/aromatic N) is 3. The van der Waals surface area contributed by atoms with Crippen molar-refractivity contribution in [3.63, 3.8) is 0 Å². The summed E-state index contributed by atoms with van der Waals surface area (Å²) in [6.07, 6.45) is 0. The second-order valence-corrected chi connectivity index (χ2v) is 8.63. The molecule has 3 rings (SSSR count). The van der Waals surface area contributed by atoms with E-state index in [0.717, 1.165) is 19.2 Å². The number of nitro groups is 1. The summed E-state index contributed by atoms with van der Waals surface area (Å²) in [5.74, 6) is 0.328. The molecule has 0 spiro atoms. The SMILES string of the molecule is CC(C(=O)N1CCN(S(=O)(=O)c2cccc([N+](=O)[O-])c2)CC1)C1CNC1.Cl. The van der Waals surface area contributed by atoms with Crippen LogP contribution >= 0.6 is 12.4 Å². The van der Waals surface area contributed by atoms with Crippen molar-refractivity contribution in [2.75, 3.05) is 39.3 Å². The lowest BCUT2D eigenvalue weighted by Gasteiger charge is -2.38. The van der Waals surface area contributed by atoms with Gasteiger partial charge in [-0.3, -0.25) is 14.9 Å². The quantitative estimate of drug-likeness (QED) is 0.556. The summed E-state index contributed by atoms with van der Waals surface area (Å²) in [7, 11) is -3.82. The first-order valence-corrected chi connectivity index (χ1v) is 9.99. The predicted octanol–water partition coefficient (Wildman–Crippen LogP) is 0.705. The Morgan fingerprint density at radius 1 is 1.26 bits per heavy atom. The molecule has 0 radical (unpaired) electrons. The fourth-order valence-electron chi connectivity index (χ4n) is 3.21. The van der Waals surface area contributed by atoms with Crippen LogP contribution in [0.3, 0.4) is 0 Å². The first kappa shape index (κ1) is 21.5. The van der Waals surface area contributed by atoms with Crippen LogP contribution in [0.1, 0.15) is 6.92 Å². The molecule has 11 heteroatoms. The molecule has 0 aliphatic carbocycles. The van der Waals surface area contributed by atoms with Gasteiger partial charge >= 0.3 is 0 Å². The van der Waals surface area contributed by atoms with Crippen molar-refractivity contribution in [1.82, 2.24) is 14.5 Å². The van der Waals surface area contributed by atoms with Crippen LogP contribution in [0.5, 0.6) is 0 Å². The lowest BCUT2D eigenvalue weighted by atomic mass is 9.88. The van der Waals surface area contributed by atoms with Crippen LogP contribution in [0.25, 0.3) is 0 Å². The largest absolute Gasteiger partial charge is 0.340 e. The summed E-state index contributed by atoms with van der Waals surface area (Å²) in [5.41, 5.74) is -0.261. The summed E-state index contributed by atoms with van der Waals surface area (Å²) in [4.78, 5) is 24.4. The minimum atomic E-state index is -3.82. The van der Waals surface area contributed by atoms with Crippen molar-refractivity contribution in [3.8, 4) is 0 Å². The summed E-state index contributed by atoms with van der Waals surface area (Å²) in [6.45, 7) is 4.63. The summed E-state index contributed by atoms with van der Waals surface area (Å²) in [6, 6.07) is 5.04. The minimum absolute atomic E-state index is 0. The topological polar surface area (TPSA) is 113 Å². The van der Waals surface area contributed by atoms with Crippen LogP contribution in [0.15, 0.2) is 29.2 Å². The number of hydrogen-bond acceptors (Lipinski definition) is 6. The number of benzene rings is 1. The number of amides is 1. The third-order valence-electron chi connectivity index (χ3n) is 5.13. The Labute approximate surface area is 164 Å². The molecule has 1 N–H and O–H groups in total. The molecule has 2 saturated heterocycles. The molecule has 2 heterocycles. The number of hydrogen-bond donors (Lipinski definition) is 1. The average molecular weight is 419 g/mol. The molecule has 0 bridgehead atoms. The third-order valence-corrected chi connectivity index (χ3v) is 7.02. The second-order valence-electron chi connectivity index (χ2n) is 6.69. The van der Waals surface area contributed by atoms with Gasteiger partial charge in [-0.15, -0.1) is 12.4 Å². The molecule has 27 heavy (non-hydrogen) atoms. The molecule has 1 amide bonds. The minimum Gasteiger partial charge on any atom is -0.340 e. The molecule has 1 unspecified atom stereocenters. The molecule has 150 valence electrons. The number of sulfonamides is 1. The predicted molar refractivity (Wildman–Crippen MR) is 101 cm³/mol. The second kappa shape index (κ2) is 8.51. The van der Waals surface area contributed by atoms with Gasteiger partial charge in [-0.2, -0.15) is 4.31 Å². The lowest BCUT2D eigenvalue weighted by Crippen LogP contribution is -2.55. The average Bonchev–Trinajstić information content (AvgIpc) is 2.59. The molecular weight excluding hydrogens is 396 g/mol. The fraction of sp³-hybridized carbons (Fsp3) is 0.562. The number of nitro benzene ring substituents is 1. The van der Waals surface area contributed by atoms with E-state index in [2.05, 4.69) is 5.32 Å². The van der Waals surface area contributed by atoms with Crippen LogP contribution in [-0.2, 0) is 14.8 Å². The van der Waals surface area contributed by atoms with Crippen molar-refractivity contribution in [2.24, 2.45) is 11.8 Å². The molecule has 2 aliphatic heterocycles. The Morgan fingerprint density at radius 3 is 2.41 bits per heavy atom. The Morgan fingerprint density at radius 2 is 1.89 bits per heavy atom. The maximum Gasteiger partial charge on any atom is 0.270 e. The van der Waals surface area contributed by atoms with E-state index < -0.39 is 14.9 Å². The van der Waals surface area contributed by atoms with Crippen LogP contribution in [-0.4, -0.2) is 67.7 Å². The molecule has 0 aromatic heterocycles. The van der Waals surface area contributed by atoms with E-state index in [0.29, 0.717) is 19.0 Å². The molecular formula is C16H23ClN4O5S. The Kier molecular flexibility index (Phi) is 6.79. The van der Waals surface area contributed by atoms with Crippen molar-refractivity contribution in [1.29, 1.82) is 0 Å². The van der Waals surface area contributed by atoms with E-state index in [1.165, 1.54) is 22.5 Å². The number of nitrogens with one attached hydrogen (secondary N) is 1. The zero-order valence-electron chi connectivity index (χ0n) is 14.9. The van der Waals surface area contributed by atoms with Crippen LogP contribution in [0.4, 0.5) is 5.69 Å².